The Kier molecular flexibility index (Phi) is 4.83. The number of aliphatic hydroxyl groups is 1. The number of aryl methyl sites for hydroxylation is 1. The molecule has 0 fully saturated rings. The highest BCUT2D eigenvalue weighted by Gasteiger charge is 2.08. The van der Waals surface area contributed by atoms with Crippen LogP contribution in [0.4, 0.5) is 0 Å². The van der Waals surface area contributed by atoms with E-state index in [4.69, 9.17) is 10.2 Å². The molecule has 0 atom stereocenters. The summed E-state index contributed by atoms with van der Waals surface area (Å²) in [5.74, 6) is -0.942. The molecule has 0 saturated carbocycles. The van der Waals surface area contributed by atoms with Crippen molar-refractivity contribution in [1.29, 1.82) is 0 Å². The van der Waals surface area contributed by atoms with Crippen molar-refractivity contribution in [2.45, 2.75) is 32.2 Å². The number of rotatable bonds is 7. The summed E-state index contributed by atoms with van der Waals surface area (Å²) in [4.78, 5) is 10.7. The Morgan fingerprint density at radius 1 is 1.33 bits per heavy atom. The number of aliphatic hydroxyl groups excluding tert-OH is 1. The van der Waals surface area contributed by atoms with Crippen molar-refractivity contribution < 1.29 is 15.0 Å². The number of carbonyl (C=O) groups is 1. The van der Waals surface area contributed by atoms with Gasteiger partial charge < -0.3 is 10.2 Å². The molecule has 0 spiro atoms. The summed E-state index contributed by atoms with van der Waals surface area (Å²) in [6.07, 6.45) is 5.16. The minimum absolute atomic E-state index is 0.224. The fourth-order valence-electron chi connectivity index (χ4n) is 1.42. The number of hydrogen-bond acceptors (Lipinski definition) is 3. The van der Waals surface area contributed by atoms with E-state index in [0.717, 1.165) is 25.7 Å². The molecule has 0 amide bonds. The first-order valence-electron chi connectivity index (χ1n) is 5.11. The molecule has 0 saturated heterocycles. The summed E-state index contributed by atoms with van der Waals surface area (Å²) >= 11 is 0. The standard InChI is InChI=1S/C10H16N2O3/c13-8-4-2-1-3-7-12-9(10(14)15)5-6-11-12/h5-6,13H,1-4,7-8H2,(H,14,15). The second-order valence-electron chi connectivity index (χ2n) is 3.38. The fourth-order valence-corrected chi connectivity index (χ4v) is 1.42. The van der Waals surface area contributed by atoms with Gasteiger partial charge in [-0.3, -0.25) is 4.68 Å². The molecule has 5 heteroatoms. The van der Waals surface area contributed by atoms with Crippen LogP contribution in [-0.2, 0) is 6.54 Å². The molecular formula is C10H16N2O3. The van der Waals surface area contributed by atoms with Crippen LogP contribution in [0.2, 0.25) is 0 Å². The van der Waals surface area contributed by atoms with E-state index < -0.39 is 5.97 Å². The molecule has 0 radical (unpaired) electrons. The van der Waals surface area contributed by atoms with Gasteiger partial charge in [-0.25, -0.2) is 4.79 Å². The van der Waals surface area contributed by atoms with E-state index in [0.29, 0.717) is 6.54 Å². The molecule has 5 nitrogen and oxygen atoms in total. The van der Waals surface area contributed by atoms with E-state index in [1.54, 1.807) is 0 Å². The summed E-state index contributed by atoms with van der Waals surface area (Å²) in [6.45, 7) is 0.849. The molecule has 0 unspecified atom stereocenters. The van der Waals surface area contributed by atoms with Crippen molar-refractivity contribution in [3.8, 4) is 0 Å². The third-order valence-electron chi connectivity index (χ3n) is 2.21. The maximum absolute atomic E-state index is 10.7. The molecule has 15 heavy (non-hydrogen) atoms. The van der Waals surface area contributed by atoms with Gasteiger partial charge in [-0.1, -0.05) is 12.8 Å². The van der Waals surface area contributed by atoms with Crippen molar-refractivity contribution in [3.63, 3.8) is 0 Å². The van der Waals surface area contributed by atoms with Gasteiger partial charge >= 0.3 is 5.97 Å². The lowest BCUT2D eigenvalue weighted by atomic mass is 10.2. The van der Waals surface area contributed by atoms with Crippen molar-refractivity contribution in [1.82, 2.24) is 9.78 Å². The van der Waals surface area contributed by atoms with E-state index in [1.807, 2.05) is 0 Å². The maximum atomic E-state index is 10.7. The molecule has 0 aliphatic carbocycles. The van der Waals surface area contributed by atoms with Crippen LogP contribution in [0.1, 0.15) is 36.2 Å². The normalized spacial score (nSPS) is 10.5. The first-order chi connectivity index (χ1) is 7.25. The van der Waals surface area contributed by atoms with Crippen LogP contribution in [0, 0.1) is 0 Å². The molecule has 2 N–H and O–H groups in total. The Labute approximate surface area is 88.3 Å². The van der Waals surface area contributed by atoms with Gasteiger partial charge in [0.2, 0.25) is 0 Å². The number of unbranched alkanes of at least 4 members (excludes halogenated alkanes) is 3. The summed E-state index contributed by atoms with van der Waals surface area (Å²) in [6, 6.07) is 1.50. The quantitative estimate of drug-likeness (QED) is 0.664. The highest BCUT2D eigenvalue weighted by Crippen LogP contribution is 2.04. The number of aromatic nitrogens is 2. The van der Waals surface area contributed by atoms with Crippen LogP contribution < -0.4 is 0 Å². The highest BCUT2D eigenvalue weighted by molar-refractivity contribution is 5.85. The Balaban J connectivity index is 2.31. The average molecular weight is 212 g/mol. The molecule has 1 aromatic heterocycles. The molecule has 0 aromatic carbocycles. The van der Waals surface area contributed by atoms with Gasteiger partial charge in [-0.05, 0) is 18.9 Å². The lowest BCUT2D eigenvalue weighted by Gasteiger charge is -2.03. The monoisotopic (exact) mass is 212 g/mol. The van der Waals surface area contributed by atoms with Gasteiger partial charge in [-0.15, -0.1) is 0 Å². The van der Waals surface area contributed by atoms with E-state index in [-0.39, 0.29) is 12.3 Å². The zero-order valence-corrected chi connectivity index (χ0v) is 8.59. The number of nitrogens with zero attached hydrogens (tertiary/aromatic N) is 2. The maximum Gasteiger partial charge on any atom is 0.354 e. The average Bonchev–Trinajstić information content (AvgIpc) is 2.66. The molecule has 0 bridgehead atoms. The van der Waals surface area contributed by atoms with E-state index >= 15 is 0 Å². The highest BCUT2D eigenvalue weighted by atomic mass is 16.4. The molecule has 1 heterocycles. The zero-order valence-electron chi connectivity index (χ0n) is 8.59. The van der Waals surface area contributed by atoms with Gasteiger partial charge in [0.05, 0.1) is 0 Å². The SMILES string of the molecule is O=C(O)c1ccnn1CCCCCCO. The van der Waals surface area contributed by atoms with Crippen molar-refractivity contribution in [2.24, 2.45) is 0 Å². The molecule has 1 aromatic rings. The largest absolute Gasteiger partial charge is 0.477 e. The summed E-state index contributed by atoms with van der Waals surface area (Å²) in [5.41, 5.74) is 0.233. The third-order valence-corrected chi connectivity index (χ3v) is 2.21. The smallest absolute Gasteiger partial charge is 0.354 e. The fraction of sp³-hybridized carbons (Fsp3) is 0.600. The van der Waals surface area contributed by atoms with E-state index in [2.05, 4.69) is 5.10 Å². The van der Waals surface area contributed by atoms with E-state index in [9.17, 15) is 4.79 Å². The Morgan fingerprint density at radius 3 is 2.73 bits per heavy atom. The summed E-state index contributed by atoms with van der Waals surface area (Å²) in [7, 11) is 0. The van der Waals surface area contributed by atoms with Crippen molar-refractivity contribution in [2.75, 3.05) is 6.61 Å². The number of hydrogen-bond donors (Lipinski definition) is 2. The predicted molar refractivity (Wildman–Crippen MR) is 54.7 cm³/mol. The Bertz CT molecular complexity index is 309. The van der Waals surface area contributed by atoms with Gasteiger partial charge in [0.1, 0.15) is 5.69 Å². The lowest BCUT2D eigenvalue weighted by Crippen LogP contribution is -2.10. The summed E-state index contributed by atoms with van der Waals surface area (Å²) < 4.78 is 1.50. The first kappa shape index (κ1) is 11.7. The van der Waals surface area contributed by atoms with Crippen LogP contribution in [0.5, 0.6) is 0 Å². The van der Waals surface area contributed by atoms with Gasteiger partial charge in [-0.2, -0.15) is 5.10 Å². The number of aromatic carboxylic acids is 1. The van der Waals surface area contributed by atoms with Crippen LogP contribution >= 0.6 is 0 Å². The number of carboxylic acid groups (broad SMARTS) is 1. The lowest BCUT2D eigenvalue weighted by molar-refractivity contribution is 0.0683. The third kappa shape index (κ3) is 3.71. The van der Waals surface area contributed by atoms with Crippen LogP contribution in [0.25, 0.3) is 0 Å². The van der Waals surface area contributed by atoms with Gasteiger partial charge in [0, 0.05) is 19.3 Å². The molecule has 1 rings (SSSR count). The summed E-state index contributed by atoms with van der Waals surface area (Å²) in [5, 5.41) is 21.3. The van der Waals surface area contributed by atoms with E-state index in [1.165, 1.54) is 16.9 Å². The second-order valence-corrected chi connectivity index (χ2v) is 3.38. The predicted octanol–water partition coefficient (Wildman–Crippen LogP) is 1.13. The van der Waals surface area contributed by atoms with Crippen molar-refractivity contribution >= 4 is 5.97 Å². The second kappa shape index (κ2) is 6.19. The molecular weight excluding hydrogens is 196 g/mol. The molecule has 0 aliphatic rings. The topological polar surface area (TPSA) is 75.3 Å². The molecule has 0 aliphatic heterocycles. The minimum atomic E-state index is -0.942. The Morgan fingerprint density at radius 2 is 2.07 bits per heavy atom. The van der Waals surface area contributed by atoms with Gasteiger partial charge in [0.25, 0.3) is 0 Å². The number of carboxylic acids is 1. The first-order valence-corrected chi connectivity index (χ1v) is 5.11. The molecule has 84 valence electrons. The van der Waals surface area contributed by atoms with Crippen molar-refractivity contribution in [3.05, 3.63) is 18.0 Å². The zero-order chi connectivity index (χ0) is 11.1. The van der Waals surface area contributed by atoms with Crippen LogP contribution in [-0.4, -0.2) is 32.6 Å². The Hall–Kier alpha value is -1.36. The van der Waals surface area contributed by atoms with Crippen LogP contribution in [0.3, 0.4) is 0 Å². The van der Waals surface area contributed by atoms with Crippen LogP contribution in [0.15, 0.2) is 12.3 Å². The minimum Gasteiger partial charge on any atom is -0.477 e. The van der Waals surface area contributed by atoms with Gasteiger partial charge in [0.15, 0.2) is 0 Å².